The number of piperidine rings is 1. The molecule has 2 aromatic rings. The summed E-state index contributed by atoms with van der Waals surface area (Å²) in [5, 5.41) is 0. The highest BCUT2D eigenvalue weighted by Crippen LogP contribution is 2.39. The fourth-order valence-corrected chi connectivity index (χ4v) is 4.85. The van der Waals surface area contributed by atoms with Gasteiger partial charge in [0.05, 0.1) is 7.11 Å². The molecule has 31 heavy (non-hydrogen) atoms. The Labute approximate surface area is 185 Å². The Morgan fingerprint density at radius 1 is 1.03 bits per heavy atom. The molecule has 0 atom stereocenters. The molecule has 2 aliphatic rings. The van der Waals surface area contributed by atoms with E-state index in [9.17, 15) is 0 Å². The van der Waals surface area contributed by atoms with Crippen LogP contribution in [0, 0.1) is 0 Å². The van der Waals surface area contributed by atoms with E-state index in [1.165, 1.54) is 50.3 Å². The van der Waals surface area contributed by atoms with E-state index in [0.717, 1.165) is 36.4 Å². The first-order chi connectivity index (χ1) is 15.0. The van der Waals surface area contributed by atoms with Crippen molar-refractivity contribution in [2.45, 2.75) is 32.2 Å². The van der Waals surface area contributed by atoms with E-state index in [0.29, 0.717) is 11.9 Å². The highest BCUT2D eigenvalue weighted by atomic mass is 16.5. The maximum absolute atomic E-state index is 6.14. The molecule has 0 spiro atoms. The Kier molecular flexibility index (Phi) is 6.48. The number of hydrogen-bond acceptors (Lipinski definition) is 8. The van der Waals surface area contributed by atoms with Crippen LogP contribution in [0.4, 0.5) is 17.5 Å². The van der Waals surface area contributed by atoms with Crippen LogP contribution >= 0.6 is 0 Å². The van der Waals surface area contributed by atoms with Crippen molar-refractivity contribution in [2.75, 3.05) is 69.8 Å². The molecule has 2 aliphatic heterocycles. The summed E-state index contributed by atoms with van der Waals surface area (Å²) < 4.78 is 5.76. The highest BCUT2D eigenvalue weighted by Gasteiger charge is 2.28. The lowest BCUT2D eigenvalue weighted by molar-refractivity contribution is 0.0982. The standard InChI is InChI=1S/C23H35N7O/c1-4-16-13-18(19-15-26-23(25)27-22(19)24)21(31-3)14-20(16)30-7-5-17(6-8-30)29-11-9-28(2)10-12-29/h13-15,17H,4-12H2,1-3H3,(H4,24,25,26,27). The van der Waals surface area contributed by atoms with Crippen LogP contribution in [-0.2, 0) is 6.42 Å². The van der Waals surface area contributed by atoms with Crippen LogP contribution in [0.5, 0.6) is 5.75 Å². The molecule has 8 heteroatoms. The van der Waals surface area contributed by atoms with Crippen molar-refractivity contribution in [3.05, 3.63) is 23.9 Å². The number of nitrogens with two attached hydrogens (primary N) is 2. The topological polar surface area (TPSA) is 96.8 Å². The third kappa shape index (κ3) is 4.55. The molecule has 0 saturated carbocycles. The molecule has 4 rings (SSSR count). The van der Waals surface area contributed by atoms with Gasteiger partial charge in [0.15, 0.2) is 0 Å². The number of nitrogens with zero attached hydrogens (tertiary/aromatic N) is 5. The fraction of sp³-hybridized carbons (Fsp3) is 0.565. The molecule has 0 amide bonds. The summed E-state index contributed by atoms with van der Waals surface area (Å²) in [7, 11) is 3.91. The van der Waals surface area contributed by atoms with E-state index in [4.69, 9.17) is 16.2 Å². The molecule has 4 N–H and O–H groups in total. The van der Waals surface area contributed by atoms with Crippen molar-refractivity contribution >= 4 is 17.5 Å². The van der Waals surface area contributed by atoms with Gasteiger partial charge in [-0.1, -0.05) is 6.92 Å². The van der Waals surface area contributed by atoms with E-state index in [2.05, 4.69) is 50.8 Å². The van der Waals surface area contributed by atoms with Gasteiger partial charge in [0.1, 0.15) is 11.6 Å². The van der Waals surface area contributed by atoms with Gasteiger partial charge in [-0.2, -0.15) is 4.98 Å². The van der Waals surface area contributed by atoms with E-state index in [-0.39, 0.29) is 5.95 Å². The summed E-state index contributed by atoms with van der Waals surface area (Å²) in [4.78, 5) is 15.9. The lowest BCUT2D eigenvalue weighted by atomic mass is 9.97. The number of likely N-dealkylation sites (N-methyl/N-ethyl adjacent to an activating group) is 1. The lowest BCUT2D eigenvalue weighted by Crippen LogP contribution is -2.52. The summed E-state index contributed by atoms with van der Waals surface area (Å²) in [5.41, 5.74) is 16.0. The van der Waals surface area contributed by atoms with Crippen molar-refractivity contribution in [3.63, 3.8) is 0 Å². The van der Waals surface area contributed by atoms with E-state index < -0.39 is 0 Å². The predicted molar refractivity (Wildman–Crippen MR) is 127 cm³/mol. The van der Waals surface area contributed by atoms with Crippen LogP contribution in [0.1, 0.15) is 25.3 Å². The predicted octanol–water partition coefficient (Wildman–Crippen LogP) is 2.10. The summed E-state index contributed by atoms with van der Waals surface area (Å²) >= 11 is 0. The van der Waals surface area contributed by atoms with Crippen molar-refractivity contribution in [2.24, 2.45) is 0 Å². The normalized spacial score (nSPS) is 19.0. The number of anilines is 3. The van der Waals surface area contributed by atoms with Crippen LogP contribution in [0.2, 0.25) is 0 Å². The molecular formula is C23H35N7O. The van der Waals surface area contributed by atoms with Gasteiger partial charge < -0.3 is 26.0 Å². The fourth-order valence-electron chi connectivity index (χ4n) is 4.85. The number of aryl methyl sites for hydroxylation is 1. The van der Waals surface area contributed by atoms with Crippen LogP contribution in [0.15, 0.2) is 18.3 Å². The molecule has 1 aromatic carbocycles. The second kappa shape index (κ2) is 9.28. The molecule has 168 valence electrons. The van der Waals surface area contributed by atoms with Crippen LogP contribution in [0.3, 0.4) is 0 Å². The summed E-state index contributed by atoms with van der Waals surface area (Å²) in [6.07, 6.45) is 5.02. The second-order valence-electron chi connectivity index (χ2n) is 8.62. The molecule has 2 saturated heterocycles. The Morgan fingerprint density at radius 2 is 1.74 bits per heavy atom. The summed E-state index contributed by atoms with van der Waals surface area (Å²) in [6, 6.07) is 5.02. The van der Waals surface area contributed by atoms with E-state index in [1.807, 2.05) is 0 Å². The molecule has 0 aliphatic carbocycles. The zero-order chi connectivity index (χ0) is 22.0. The molecular weight excluding hydrogens is 390 g/mol. The zero-order valence-electron chi connectivity index (χ0n) is 19.0. The average Bonchev–Trinajstić information content (AvgIpc) is 2.79. The quantitative estimate of drug-likeness (QED) is 0.752. The molecule has 3 heterocycles. The van der Waals surface area contributed by atoms with Gasteiger partial charge in [0, 0.05) is 74.4 Å². The number of piperazine rings is 1. The smallest absolute Gasteiger partial charge is 0.221 e. The minimum atomic E-state index is 0.177. The second-order valence-corrected chi connectivity index (χ2v) is 8.62. The van der Waals surface area contributed by atoms with E-state index in [1.54, 1.807) is 13.3 Å². The van der Waals surface area contributed by atoms with Crippen molar-refractivity contribution in [3.8, 4) is 16.9 Å². The Morgan fingerprint density at radius 3 is 2.35 bits per heavy atom. The summed E-state index contributed by atoms with van der Waals surface area (Å²) in [5.74, 6) is 1.33. The number of methoxy groups -OCH3 is 1. The number of nitrogen functional groups attached to an aromatic ring is 2. The third-order valence-corrected chi connectivity index (χ3v) is 6.77. The van der Waals surface area contributed by atoms with Crippen LogP contribution in [-0.4, -0.2) is 79.2 Å². The summed E-state index contributed by atoms with van der Waals surface area (Å²) in [6.45, 7) is 9.06. The lowest BCUT2D eigenvalue weighted by Gasteiger charge is -2.43. The minimum Gasteiger partial charge on any atom is -0.496 e. The van der Waals surface area contributed by atoms with Gasteiger partial charge in [-0.05, 0) is 37.9 Å². The SMILES string of the molecule is CCc1cc(-c2cnc(N)nc2N)c(OC)cc1N1CCC(N2CCN(C)CC2)CC1. The minimum absolute atomic E-state index is 0.177. The molecule has 1 aromatic heterocycles. The number of rotatable bonds is 5. The zero-order valence-corrected chi connectivity index (χ0v) is 19.0. The van der Waals surface area contributed by atoms with Crippen molar-refractivity contribution in [1.29, 1.82) is 0 Å². The number of ether oxygens (including phenoxy) is 1. The molecule has 2 fully saturated rings. The Balaban J connectivity index is 1.55. The van der Waals surface area contributed by atoms with Gasteiger partial charge in [-0.3, -0.25) is 4.90 Å². The highest BCUT2D eigenvalue weighted by molar-refractivity contribution is 5.81. The van der Waals surface area contributed by atoms with Crippen LogP contribution < -0.4 is 21.1 Å². The van der Waals surface area contributed by atoms with Gasteiger partial charge in [-0.15, -0.1) is 0 Å². The van der Waals surface area contributed by atoms with Gasteiger partial charge >= 0.3 is 0 Å². The van der Waals surface area contributed by atoms with Gasteiger partial charge in [0.25, 0.3) is 0 Å². The monoisotopic (exact) mass is 425 g/mol. The maximum Gasteiger partial charge on any atom is 0.221 e. The molecule has 0 bridgehead atoms. The number of benzene rings is 1. The first-order valence-electron chi connectivity index (χ1n) is 11.3. The number of hydrogen-bond donors (Lipinski definition) is 2. The first-order valence-corrected chi connectivity index (χ1v) is 11.3. The van der Waals surface area contributed by atoms with Gasteiger partial charge in [0.2, 0.25) is 5.95 Å². The van der Waals surface area contributed by atoms with Crippen LogP contribution in [0.25, 0.3) is 11.1 Å². The third-order valence-electron chi connectivity index (χ3n) is 6.77. The Hall–Kier alpha value is -2.58. The molecule has 0 radical (unpaired) electrons. The maximum atomic E-state index is 6.14. The molecule has 0 unspecified atom stereocenters. The number of aromatic nitrogens is 2. The van der Waals surface area contributed by atoms with Crippen molar-refractivity contribution in [1.82, 2.24) is 19.8 Å². The average molecular weight is 426 g/mol. The largest absolute Gasteiger partial charge is 0.496 e. The van der Waals surface area contributed by atoms with Gasteiger partial charge in [-0.25, -0.2) is 4.98 Å². The molecule has 8 nitrogen and oxygen atoms in total. The van der Waals surface area contributed by atoms with Crippen molar-refractivity contribution < 1.29 is 4.74 Å². The Bertz CT molecular complexity index is 903. The first kappa shape index (κ1) is 21.6. The van der Waals surface area contributed by atoms with E-state index >= 15 is 0 Å².